The number of hydrogen-bond donors (Lipinski definition) is 1. The maximum Gasteiger partial charge on any atom is 0.142 e. The second kappa shape index (κ2) is 6.62. The number of nitrogens with zero attached hydrogens (tertiary/aromatic N) is 3. The molecule has 2 N–H and O–H groups in total. The predicted molar refractivity (Wildman–Crippen MR) is 98.5 cm³/mol. The van der Waals surface area contributed by atoms with Crippen molar-refractivity contribution in [3.05, 3.63) is 66.0 Å². The number of anilines is 2. The van der Waals surface area contributed by atoms with Gasteiger partial charge in [0, 0.05) is 30.9 Å². The van der Waals surface area contributed by atoms with Crippen LogP contribution in [0.5, 0.6) is 0 Å². The molecule has 25 heavy (non-hydrogen) atoms. The highest BCUT2D eigenvalue weighted by Crippen LogP contribution is 2.32. The zero-order chi connectivity index (χ0) is 18.0. The number of halogens is 1. The van der Waals surface area contributed by atoms with Crippen molar-refractivity contribution < 1.29 is 4.39 Å². The van der Waals surface area contributed by atoms with Crippen molar-refractivity contribution in [3.63, 3.8) is 0 Å². The molecule has 3 rings (SSSR count). The smallest absolute Gasteiger partial charge is 0.142 e. The molecular formula is C20H17FN4. The van der Waals surface area contributed by atoms with Crippen molar-refractivity contribution in [2.45, 2.75) is 0 Å². The summed E-state index contributed by atoms with van der Waals surface area (Å²) in [5, 5.41) is 9.47. The van der Waals surface area contributed by atoms with E-state index in [9.17, 15) is 9.65 Å². The Morgan fingerprint density at radius 2 is 1.76 bits per heavy atom. The van der Waals surface area contributed by atoms with Gasteiger partial charge in [-0.2, -0.15) is 5.26 Å². The highest BCUT2D eigenvalue weighted by Gasteiger charge is 2.14. The Morgan fingerprint density at radius 3 is 2.36 bits per heavy atom. The zero-order valence-corrected chi connectivity index (χ0v) is 14.0. The molecule has 1 heterocycles. The monoisotopic (exact) mass is 332 g/mol. The van der Waals surface area contributed by atoms with Crippen LogP contribution in [0.3, 0.4) is 0 Å². The number of hydrogen-bond acceptors (Lipinski definition) is 4. The van der Waals surface area contributed by atoms with Crippen LogP contribution in [0.4, 0.5) is 15.9 Å². The standard InChI is InChI=1S/C20H17FN4/c1-25(2)16-8-6-13(7-9-16)17-11-19(24-20(23)18(17)12-22)14-4-3-5-15(21)10-14/h3-11H,1-2H3,(H2,23,24). The number of nitrogens with two attached hydrogens (primary N) is 1. The number of pyridine rings is 1. The molecule has 0 aliphatic heterocycles. The van der Waals surface area contributed by atoms with Crippen LogP contribution < -0.4 is 10.6 Å². The van der Waals surface area contributed by atoms with E-state index in [0.29, 0.717) is 22.4 Å². The van der Waals surface area contributed by atoms with Gasteiger partial charge in [-0.05, 0) is 35.9 Å². The third kappa shape index (κ3) is 3.29. The van der Waals surface area contributed by atoms with Crippen molar-refractivity contribution in [1.29, 1.82) is 5.26 Å². The van der Waals surface area contributed by atoms with Gasteiger partial charge in [-0.25, -0.2) is 9.37 Å². The van der Waals surface area contributed by atoms with E-state index < -0.39 is 0 Å². The summed E-state index contributed by atoms with van der Waals surface area (Å²) in [6.45, 7) is 0. The van der Waals surface area contributed by atoms with E-state index in [0.717, 1.165) is 11.3 Å². The molecule has 0 fully saturated rings. The Bertz CT molecular complexity index is 956. The average Bonchev–Trinajstić information content (AvgIpc) is 2.61. The molecule has 0 unspecified atom stereocenters. The number of nitriles is 1. The lowest BCUT2D eigenvalue weighted by atomic mass is 9.98. The van der Waals surface area contributed by atoms with E-state index in [4.69, 9.17) is 5.73 Å². The first-order valence-electron chi connectivity index (χ1n) is 7.74. The molecule has 1 aromatic heterocycles. The molecule has 124 valence electrons. The van der Waals surface area contributed by atoms with Crippen LogP contribution in [-0.4, -0.2) is 19.1 Å². The Hall–Kier alpha value is -3.39. The molecule has 0 aliphatic carbocycles. The third-order valence-electron chi connectivity index (χ3n) is 3.97. The summed E-state index contributed by atoms with van der Waals surface area (Å²) in [6, 6.07) is 17.8. The minimum Gasteiger partial charge on any atom is -0.383 e. The van der Waals surface area contributed by atoms with Gasteiger partial charge in [-0.3, -0.25) is 0 Å². The largest absolute Gasteiger partial charge is 0.383 e. The Balaban J connectivity index is 2.16. The summed E-state index contributed by atoms with van der Waals surface area (Å²) in [5.41, 5.74) is 10.0. The van der Waals surface area contributed by atoms with Crippen LogP contribution >= 0.6 is 0 Å². The van der Waals surface area contributed by atoms with E-state index >= 15 is 0 Å². The van der Waals surface area contributed by atoms with Crippen LogP contribution in [0, 0.1) is 17.1 Å². The normalized spacial score (nSPS) is 10.3. The number of nitrogen functional groups attached to an aromatic ring is 1. The zero-order valence-electron chi connectivity index (χ0n) is 14.0. The van der Waals surface area contributed by atoms with E-state index in [1.165, 1.54) is 12.1 Å². The number of rotatable bonds is 3. The summed E-state index contributed by atoms with van der Waals surface area (Å²) in [4.78, 5) is 6.26. The lowest BCUT2D eigenvalue weighted by molar-refractivity contribution is 0.628. The van der Waals surface area contributed by atoms with E-state index in [2.05, 4.69) is 11.1 Å². The third-order valence-corrected chi connectivity index (χ3v) is 3.97. The van der Waals surface area contributed by atoms with E-state index in [1.54, 1.807) is 18.2 Å². The molecular weight excluding hydrogens is 315 g/mol. The summed E-state index contributed by atoms with van der Waals surface area (Å²) in [7, 11) is 3.92. The van der Waals surface area contributed by atoms with Gasteiger partial charge < -0.3 is 10.6 Å². The molecule has 0 aliphatic rings. The Labute approximate surface area is 146 Å². The van der Waals surface area contributed by atoms with Gasteiger partial charge in [-0.1, -0.05) is 24.3 Å². The van der Waals surface area contributed by atoms with E-state index in [1.807, 2.05) is 43.3 Å². The molecule has 0 spiro atoms. The second-order valence-electron chi connectivity index (χ2n) is 5.88. The number of aromatic nitrogens is 1. The molecule has 0 saturated heterocycles. The first-order valence-corrected chi connectivity index (χ1v) is 7.74. The van der Waals surface area contributed by atoms with Gasteiger partial charge in [0.25, 0.3) is 0 Å². The quantitative estimate of drug-likeness (QED) is 0.785. The molecule has 0 radical (unpaired) electrons. The van der Waals surface area contributed by atoms with Crippen molar-refractivity contribution in [2.75, 3.05) is 24.7 Å². The highest BCUT2D eigenvalue weighted by molar-refractivity contribution is 5.80. The Kier molecular flexibility index (Phi) is 4.36. The lowest BCUT2D eigenvalue weighted by Gasteiger charge is -2.14. The molecule has 0 amide bonds. The van der Waals surface area contributed by atoms with Crippen LogP contribution in [0.15, 0.2) is 54.6 Å². The SMILES string of the molecule is CN(C)c1ccc(-c2cc(-c3cccc(F)c3)nc(N)c2C#N)cc1. The van der Waals surface area contributed by atoms with Gasteiger partial charge in [0.05, 0.1) is 5.69 Å². The minimum atomic E-state index is -0.348. The molecule has 4 nitrogen and oxygen atoms in total. The summed E-state index contributed by atoms with van der Waals surface area (Å²) >= 11 is 0. The molecule has 2 aromatic carbocycles. The minimum absolute atomic E-state index is 0.135. The molecule has 0 bridgehead atoms. The van der Waals surface area contributed by atoms with Gasteiger partial charge >= 0.3 is 0 Å². The average molecular weight is 332 g/mol. The van der Waals surface area contributed by atoms with Gasteiger partial charge in [0.15, 0.2) is 0 Å². The number of benzene rings is 2. The maximum atomic E-state index is 13.5. The van der Waals surface area contributed by atoms with Crippen LogP contribution in [-0.2, 0) is 0 Å². The van der Waals surface area contributed by atoms with Gasteiger partial charge in [0.1, 0.15) is 23.3 Å². The van der Waals surface area contributed by atoms with Crippen LogP contribution in [0.1, 0.15) is 5.56 Å². The van der Waals surface area contributed by atoms with Crippen molar-refractivity contribution >= 4 is 11.5 Å². The van der Waals surface area contributed by atoms with Crippen LogP contribution in [0.2, 0.25) is 0 Å². The molecule has 3 aromatic rings. The fourth-order valence-corrected chi connectivity index (χ4v) is 2.64. The van der Waals surface area contributed by atoms with Crippen LogP contribution in [0.25, 0.3) is 22.4 Å². The van der Waals surface area contributed by atoms with Gasteiger partial charge in [0.2, 0.25) is 0 Å². The van der Waals surface area contributed by atoms with Crippen molar-refractivity contribution in [2.24, 2.45) is 0 Å². The first kappa shape index (κ1) is 16.5. The summed E-state index contributed by atoms with van der Waals surface area (Å²) in [6.07, 6.45) is 0. The molecule has 0 saturated carbocycles. The maximum absolute atomic E-state index is 13.5. The second-order valence-corrected chi connectivity index (χ2v) is 5.88. The lowest BCUT2D eigenvalue weighted by Crippen LogP contribution is -2.08. The molecule has 0 atom stereocenters. The van der Waals surface area contributed by atoms with Crippen molar-refractivity contribution in [3.8, 4) is 28.5 Å². The fraction of sp³-hybridized carbons (Fsp3) is 0.100. The molecule has 5 heteroatoms. The fourth-order valence-electron chi connectivity index (χ4n) is 2.64. The topological polar surface area (TPSA) is 65.9 Å². The first-order chi connectivity index (χ1) is 12.0. The van der Waals surface area contributed by atoms with Crippen molar-refractivity contribution in [1.82, 2.24) is 4.98 Å². The highest BCUT2D eigenvalue weighted by atomic mass is 19.1. The summed E-state index contributed by atoms with van der Waals surface area (Å²) in [5.74, 6) is -0.213. The van der Waals surface area contributed by atoms with Gasteiger partial charge in [-0.15, -0.1) is 0 Å². The van der Waals surface area contributed by atoms with E-state index in [-0.39, 0.29) is 11.6 Å². The Morgan fingerprint density at radius 1 is 1.04 bits per heavy atom. The summed E-state index contributed by atoms with van der Waals surface area (Å²) < 4.78 is 13.5. The predicted octanol–water partition coefficient (Wildman–Crippen LogP) is 4.07.